The number of benzene rings is 2. The second-order valence-corrected chi connectivity index (χ2v) is 7.91. The zero-order valence-electron chi connectivity index (χ0n) is 16.5. The summed E-state index contributed by atoms with van der Waals surface area (Å²) in [4.78, 5) is 12.8. The summed E-state index contributed by atoms with van der Waals surface area (Å²) in [5.41, 5.74) is 3.14. The van der Waals surface area contributed by atoms with Gasteiger partial charge in [-0.3, -0.25) is 0 Å². The molecule has 2 aromatic carbocycles. The van der Waals surface area contributed by atoms with E-state index in [1.165, 1.54) is 11.3 Å². The molecule has 0 bridgehead atoms. The number of aliphatic hydroxyl groups is 1. The minimum Gasteiger partial charge on any atom is -0.389 e. The molecule has 0 aliphatic heterocycles. The molecule has 30 heavy (non-hydrogen) atoms. The van der Waals surface area contributed by atoms with Gasteiger partial charge in [-0.2, -0.15) is 4.68 Å². The summed E-state index contributed by atoms with van der Waals surface area (Å²) >= 11 is 1.43. The molecule has 7 heteroatoms. The average Bonchev–Trinajstić information content (AvgIpc) is 3.41. The standard InChI is InChI=1S/C23H22N2O4S/c1-16-8-5-6-11-19(16)21(17-9-3-2-4-10-17)28-15-18(26)14-25-23(27)29-22(24-25)20-12-7-13-30-20/h2-13,18,21,26H,14-15H2,1H3/t18-,21+/m1/s1. The zero-order chi connectivity index (χ0) is 20.9. The topological polar surface area (TPSA) is 77.5 Å². The Bertz CT molecular complexity index is 1140. The van der Waals surface area contributed by atoms with Crippen molar-refractivity contribution in [2.75, 3.05) is 6.61 Å². The van der Waals surface area contributed by atoms with Gasteiger partial charge in [0.1, 0.15) is 6.10 Å². The summed E-state index contributed by atoms with van der Waals surface area (Å²) in [5, 5.41) is 16.6. The Morgan fingerprint density at radius 2 is 1.87 bits per heavy atom. The zero-order valence-corrected chi connectivity index (χ0v) is 17.3. The molecule has 0 spiro atoms. The maximum Gasteiger partial charge on any atom is 0.437 e. The van der Waals surface area contributed by atoms with E-state index >= 15 is 0 Å². The van der Waals surface area contributed by atoms with E-state index in [1.54, 1.807) is 0 Å². The smallest absolute Gasteiger partial charge is 0.389 e. The quantitative estimate of drug-likeness (QED) is 0.464. The molecular formula is C23H22N2O4S. The summed E-state index contributed by atoms with van der Waals surface area (Å²) in [6.45, 7) is 2.07. The number of hydrogen-bond acceptors (Lipinski definition) is 6. The molecule has 2 heterocycles. The Kier molecular flexibility index (Phi) is 6.23. The molecule has 0 fully saturated rings. The number of thiophene rings is 1. The van der Waals surface area contributed by atoms with Crippen LogP contribution in [0.25, 0.3) is 10.8 Å². The molecule has 2 atom stereocenters. The van der Waals surface area contributed by atoms with Crippen LogP contribution in [0.4, 0.5) is 0 Å². The van der Waals surface area contributed by atoms with Crippen LogP contribution >= 0.6 is 11.3 Å². The van der Waals surface area contributed by atoms with Crippen molar-refractivity contribution < 1.29 is 14.3 Å². The van der Waals surface area contributed by atoms with Gasteiger partial charge in [-0.05, 0) is 35.1 Å². The monoisotopic (exact) mass is 422 g/mol. The third-order valence-corrected chi connectivity index (χ3v) is 5.61. The van der Waals surface area contributed by atoms with Crippen LogP contribution in [-0.4, -0.2) is 27.6 Å². The van der Waals surface area contributed by atoms with Crippen molar-refractivity contribution in [1.82, 2.24) is 9.78 Å². The van der Waals surface area contributed by atoms with Gasteiger partial charge in [0, 0.05) is 0 Å². The third kappa shape index (κ3) is 4.59. The SMILES string of the molecule is Cc1ccccc1[C@@H](OC[C@H](O)Cn1nc(-c2cccs2)oc1=O)c1ccccc1. The van der Waals surface area contributed by atoms with Gasteiger partial charge in [0.15, 0.2) is 0 Å². The highest BCUT2D eigenvalue weighted by Crippen LogP contribution is 2.28. The first-order valence-corrected chi connectivity index (χ1v) is 10.5. The fourth-order valence-corrected chi connectivity index (χ4v) is 3.90. The van der Waals surface area contributed by atoms with E-state index in [4.69, 9.17) is 9.15 Å². The molecule has 154 valence electrons. The molecule has 4 aromatic rings. The highest BCUT2D eigenvalue weighted by molar-refractivity contribution is 7.13. The van der Waals surface area contributed by atoms with Crippen LogP contribution in [0, 0.1) is 6.92 Å². The Hall–Kier alpha value is -3.00. The lowest BCUT2D eigenvalue weighted by atomic mass is 9.97. The van der Waals surface area contributed by atoms with Crippen LogP contribution in [0.3, 0.4) is 0 Å². The van der Waals surface area contributed by atoms with Crippen LogP contribution in [0.1, 0.15) is 22.8 Å². The first kappa shape index (κ1) is 20.3. The molecule has 0 aliphatic carbocycles. The van der Waals surface area contributed by atoms with Crippen molar-refractivity contribution in [3.05, 3.63) is 99.4 Å². The average molecular weight is 423 g/mol. The number of hydrogen-bond donors (Lipinski definition) is 1. The predicted octanol–water partition coefficient (Wildman–Crippen LogP) is 4.04. The molecule has 0 radical (unpaired) electrons. The molecular weight excluding hydrogens is 400 g/mol. The maximum absolute atomic E-state index is 12.1. The third-order valence-electron chi connectivity index (χ3n) is 4.75. The fourth-order valence-electron chi connectivity index (χ4n) is 3.26. The van der Waals surface area contributed by atoms with Crippen molar-refractivity contribution in [2.45, 2.75) is 25.7 Å². The number of aliphatic hydroxyl groups excluding tert-OH is 1. The second-order valence-electron chi connectivity index (χ2n) is 6.97. The van der Waals surface area contributed by atoms with Gasteiger partial charge < -0.3 is 14.3 Å². The number of aromatic nitrogens is 2. The summed E-state index contributed by atoms with van der Waals surface area (Å²) in [6, 6.07) is 21.6. The minimum absolute atomic E-state index is 0.0109. The summed E-state index contributed by atoms with van der Waals surface area (Å²) in [6.07, 6.45) is -1.24. The summed E-state index contributed by atoms with van der Waals surface area (Å²) in [7, 11) is 0. The van der Waals surface area contributed by atoms with Crippen LogP contribution < -0.4 is 5.76 Å². The molecule has 0 saturated carbocycles. The van der Waals surface area contributed by atoms with Crippen molar-refractivity contribution >= 4 is 11.3 Å². The second kappa shape index (κ2) is 9.21. The minimum atomic E-state index is -0.917. The van der Waals surface area contributed by atoms with Crippen molar-refractivity contribution in [2.24, 2.45) is 0 Å². The van der Waals surface area contributed by atoms with E-state index in [9.17, 15) is 9.90 Å². The number of aryl methyl sites for hydroxylation is 1. The van der Waals surface area contributed by atoms with E-state index in [2.05, 4.69) is 5.10 Å². The Morgan fingerprint density at radius 1 is 1.10 bits per heavy atom. The normalized spacial score (nSPS) is 13.3. The van der Waals surface area contributed by atoms with Gasteiger partial charge in [-0.1, -0.05) is 60.7 Å². The lowest BCUT2D eigenvalue weighted by molar-refractivity contribution is -0.00277. The molecule has 4 rings (SSSR count). The molecule has 0 aliphatic rings. The largest absolute Gasteiger partial charge is 0.437 e. The van der Waals surface area contributed by atoms with Crippen LogP contribution in [-0.2, 0) is 11.3 Å². The molecule has 2 aromatic heterocycles. The van der Waals surface area contributed by atoms with Crippen LogP contribution in [0.5, 0.6) is 0 Å². The molecule has 0 amide bonds. The van der Waals surface area contributed by atoms with Crippen LogP contribution in [0.15, 0.2) is 81.3 Å². The van der Waals surface area contributed by atoms with Crippen molar-refractivity contribution in [1.29, 1.82) is 0 Å². The van der Waals surface area contributed by atoms with Gasteiger partial charge in [-0.15, -0.1) is 16.4 Å². The molecule has 6 nitrogen and oxygen atoms in total. The predicted molar refractivity (Wildman–Crippen MR) is 115 cm³/mol. The lowest BCUT2D eigenvalue weighted by Crippen LogP contribution is -2.28. The molecule has 1 N–H and O–H groups in total. The summed E-state index contributed by atoms with van der Waals surface area (Å²) < 4.78 is 12.5. The highest BCUT2D eigenvalue weighted by atomic mass is 32.1. The van der Waals surface area contributed by atoms with E-state index < -0.39 is 11.9 Å². The Balaban J connectivity index is 1.48. The van der Waals surface area contributed by atoms with Crippen LogP contribution in [0.2, 0.25) is 0 Å². The first-order valence-electron chi connectivity index (χ1n) is 9.64. The number of rotatable bonds is 8. The van der Waals surface area contributed by atoms with E-state index in [0.29, 0.717) is 0 Å². The van der Waals surface area contributed by atoms with Gasteiger partial charge in [0.2, 0.25) is 0 Å². The molecule has 0 saturated heterocycles. The van der Waals surface area contributed by atoms with Gasteiger partial charge in [0.25, 0.3) is 5.89 Å². The van der Waals surface area contributed by atoms with E-state index in [0.717, 1.165) is 26.2 Å². The Morgan fingerprint density at radius 3 is 2.60 bits per heavy atom. The number of ether oxygens (including phenoxy) is 1. The van der Waals surface area contributed by atoms with Crippen molar-refractivity contribution in [3.8, 4) is 10.8 Å². The summed E-state index contributed by atoms with van der Waals surface area (Å²) in [5.74, 6) is -0.346. The van der Waals surface area contributed by atoms with Crippen molar-refractivity contribution in [3.63, 3.8) is 0 Å². The Labute approximate surface area is 178 Å². The molecule has 0 unspecified atom stereocenters. The maximum atomic E-state index is 12.1. The highest BCUT2D eigenvalue weighted by Gasteiger charge is 2.20. The van der Waals surface area contributed by atoms with Gasteiger partial charge in [-0.25, -0.2) is 4.79 Å². The van der Waals surface area contributed by atoms with Gasteiger partial charge in [0.05, 0.1) is 24.1 Å². The fraction of sp³-hybridized carbons (Fsp3) is 0.217. The van der Waals surface area contributed by atoms with E-state index in [1.807, 2.05) is 79.0 Å². The van der Waals surface area contributed by atoms with Gasteiger partial charge >= 0.3 is 5.76 Å². The van der Waals surface area contributed by atoms with E-state index in [-0.39, 0.29) is 25.1 Å². The first-order chi connectivity index (χ1) is 14.6. The lowest BCUT2D eigenvalue weighted by Gasteiger charge is -2.22. The number of nitrogens with zero attached hydrogens (tertiary/aromatic N) is 2.